The lowest BCUT2D eigenvalue weighted by atomic mass is 10.2. The van der Waals surface area contributed by atoms with Gasteiger partial charge in [0.05, 0.1) is 16.6 Å². The Kier molecular flexibility index (Phi) is 1.85. The molecule has 5 nitrogen and oxygen atoms in total. The Hall–Kier alpha value is -2.04. The molecule has 2 N–H and O–H groups in total. The van der Waals surface area contributed by atoms with Gasteiger partial charge in [0.2, 0.25) is 0 Å². The van der Waals surface area contributed by atoms with Crippen LogP contribution in [0.25, 0.3) is 11.0 Å². The second-order valence-corrected chi connectivity index (χ2v) is 2.85. The van der Waals surface area contributed by atoms with Crippen molar-refractivity contribution < 1.29 is 9.90 Å². The minimum Gasteiger partial charge on any atom is -0.478 e. The molecule has 0 aliphatic carbocycles. The fourth-order valence-corrected chi connectivity index (χ4v) is 1.32. The van der Waals surface area contributed by atoms with Crippen LogP contribution in [0.5, 0.6) is 0 Å². The molecule has 1 heterocycles. The van der Waals surface area contributed by atoms with Gasteiger partial charge in [-0.1, -0.05) is 0 Å². The van der Waals surface area contributed by atoms with Crippen molar-refractivity contribution >= 4 is 17.0 Å². The third kappa shape index (κ3) is 1.19. The first-order valence-corrected chi connectivity index (χ1v) is 4.10. The number of aromatic carboxylic acids is 1. The van der Waals surface area contributed by atoms with Crippen molar-refractivity contribution in [1.29, 1.82) is 0 Å². The number of carboxylic acid groups (broad SMARTS) is 1. The van der Waals surface area contributed by atoms with E-state index in [1.165, 1.54) is 0 Å². The first-order chi connectivity index (χ1) is 6.72. The van der Waals surface area contributed by atoms with Crippen molar-refractivity contribution in [3.63, 3.8) is 0 Å². The van der Waals surface area contributed by atoms with Crippen molar-refractivity contribution in [3.05, 3.63) is 30.1 Å². The quantitative estimate of drug-likeness (QED) is 0.740. The highest BCUT2D eigenvalue weighted by Crippen LogP contribution is 2.13. The molecule has 2 aromatic rings. The van der Waals surface area contributed by atoms with Gasteiger partial charge in [0.15, 0.2) is 0 Å². The van der Waals surface area contributed by atoms with Crippen LogP contribution in [-0.4, -0.2) is 27.8 Å². The summed E-state index contributed by atoms with van der Waals surface area (Å²) in [5, 5.41) is 8.76. The van der Waals surface area contributed by atoms with E-state index in [0.717, 1.165) is 5.52 Å². The molecule has 0 amide bonds. The van der Waals surface area contributed by atoms with Crippen molar-refractivity contribution in [1.82, 2.24) is 9.66 Å². The maximum absolute atomic E-state index is 10.7. The van der Waals surface area contributed by atoms with E-state index in [4.69, 9.17) is 5.11 Å². The zero-order valence-corrected chi connectivity index (χ0v) is 7.56. The van der Waals surface area contributed by atoms with E-state index in [1.807, 2.05) is 0 Å². The molecule has 0 radical (unpaired) electrons. The third-order valence-corrected chi connectivity index (χ3v) is 2.04. The van der Waals surface area contributed by atoms with Gasteiger partial charge in [-0.05, 0) is 18.2 Å². The van der Waals surface area contributed by atoms with Gasteiger partial charge in [0.1, 0.15) is 6.33 Å². The molecule has 0 saturated heterocycles. The van der Waals surface area contributed by atoms with Crippen LogP contribution in [0.3, 0.4) is 0 Å². The molecule has 0 aliphatic heterocycles. The highest BCUT2D eigenvalue weighted by atomic mass is 16.4. The predicted octanol–water partition coefficient (Wildman–Crippen LogP) is 0.908. The first kappa shape index (κ1) is 8.55. The molecule has 0 spiro atoms. The fraction of sp³-hybridized carbons (Fsp3) is 0.111. The van der Waals surface area contributed by atoms with Crippen molar-refractivity contribution in [2.45, 2.75) is 0 Å². The Bertz CT molecular complexity index is 490. The van der Waals surface area contributed by atoms with Crippen LogP contribution in [0, 0.1) is 0 Å². The number of hydrogen-bond donors (Lipinski definition) is 2. The number of hydrogen-bond acceptors (Lipinski definition) is 3. The number of carbonyl (C=O) groups is 1. The van der Waals surface area contributed by atoms with E-state index in [1.54, 1.807) is 36.3 Å². The van der Waals surface area contributed by atoms with E-state index in [-0.39, 0.29) is 5.56 Å². The monoisotopic (exact) mass is 191 g/mol. The van der Waals surface area contributed by atoms with Gasteiger partial charge >= 0.3 is 5.97 Å². The predicted molar refractivity (Wildman–Crippen MR) is 52.0 cm³/mol. The van der Waals surface area contributed by atoms with Gasteiger partial charge in [-0.15, -0.1) is 0 Å². The van der Waals surface area contributed by atoms with Crippen molar-refractivity contribution in [2.75, 3.05) is 12.5 Å². The van der Waals surface area contributed by atoms with Crippen LogP contribution in [0.2, 0.25) is 0 Å². The van der Waals surface area contributed by atoms with Crippen LogP contribution >= 0.6 is 0 Å². The zero-order valence-electron chi connectivity index (χ0n) is 7.56. The summed E-state index contributed by atoms with van der Waals surface area (Å²) in [6.45, 7) is 0. The number of benzene rings is 1. The Morgan fingerprint density at radius 2 is 2.36 bits per heavy atom. The molecule has 72 valence electrons. The molecule has 1 aromatic heterocycles. The van der Waals surface area contributed by atoms with E-state index in [0.29, 0.717) is 5.52 Å². The summed E-state index contributed by atoms with van der Waals surface area (Å²) in [6.07, 6.45) is 1.61. The third-order valence-electron chi connectivity index (χ3n) is 2.04. The Morgan fingerprint density at radius 3 is 3.00 bits per heavy atom. The summed E-state index contributed by atoms with van der Waals surface area (Å²) in [7, 11) is 1.77. The maximum atomic E-state index is 10.7. The lowest BCUT2D eigenvalue weighted by Crippen LogP contribution is -2.06. The maximum Gasteiger partial charge on any atom is 0.335 e. The van der Waals surface area contributed by atoms with Gasteiger partial charge in [-0.3, -0.25) is 0 Å². The lowest BCUT2D eigenvalue weighted by molar-refractivity contribution is 0.0697. The zero-order chi connectivity index (χ0) is 10.1. The lowest BCUT2D eigenvalue weighted by Gasteiger charge is -2.00. The second kappa shape index (κ2) is 3.02. The fourth-order valence-electron chi connectivity index (χ4n) is 1.32. The molecule has 0 saturated carbocycles. The average Bonchev–Trinajstić information content (AvgIpc) is 2.59. The van der Waals surface area contributed by atoms with E-state index < -0.39 is 5.97 Å². The van der Waals surface area contributed by atoms with Crippen LogP contribution < -0.4 is 5.43 Å². The highest BCUT2D eigenvalue weighted by Gasteiger charge is 2.06. The number of carboxylic acids is 1. The average molecular weight is 191 g/mol. The van der Waals surface area contributed by atoms with Gasteiger partial charge in [-0.25, -0.2) is 14.5 Å². The van der Waals surface area contributed by atoms with E-state index in [2.05, 4.69) is 10.4 Å². The number of aromatic nitrogens is 2. The molecule has 0 bridgehead atoms. The second-order valence-electron chi connectivity index (χ2n) is 2.85. The van der Waals surface area contributed by atoms with E-state index >= 15 is 0 Å². The van der Waals surface area contributed by atoms with Crippen LogP contribution in [0.1, 0.15) is 10.4 Å². The summed E-state index contributed by atoms with van der Waals surface area (Å²) >= 11 is 0. The molecule has 2 rings (SSSR count). The number of rotatable bonds is 2. The largest absolute Gasteiger partial charge is 0.478 e. The number of fused-ring (bicyclic) bond motifs is 1. The van der Waals surface area contributed by atoms with E-state index in [9.17, 15) is 4.79 Å². The van der Waals surface area contributed by atoms with Gasteiger partial charge in [0, 0.05) is 7.05 Å². The number of nitrogens with one attached hydrogen (secondary N) is 1. The standard InChI is InChI=1S/C9H9N3O2/c1-10-12-5-11-7-4-6(9(13)14)2-3-8(7)12/h2-5,10H,1H3,(H,13,14). The van der Waals surface area contributed by atoms with Crippen LogP contribution in [0.15, 0.2) is 24.5 Å². The number of imidazole rings is 1. The minimum absolute atomic E-state index is 0.249. The smallest absolute Gasteiger partial charge is 0.335 e. The van der Waals surface area contributed by atoms with Crippen LogP contribution in [-0.2, 0) is 0 Å². The summed E-state index contributed by atoms with van der Waals surface area (Å²) in [5.74, 6) is -0.939. The van der Waals surface area contributed by atoms with Crippen molar-refractivity contribution in [3.8, 4) is 0 Å². The molecule has 0 atom stereocenters. The minimum atomic E-state index is -0.939. The summed E-state index contributed by atoms with van der Waals surface area (Å²) in [5.41, 5.74) is 4.68. The van der Waals surface area contributed by atoms with Gasteiger partial charge in [-0.2, -0.15) is 0 Å². The topological polar surface area (TPSA) is 67.2 Å². The molecule has 0 aliphatic rings. The first-order valence-electron chi connectivity index (χ1n) is 4.10. The Labute approximate surface area is 80.0 Å². The van der Waals surface area contributed by atoms with Crippen LogP contribution in [0.4, 0.5) is 0 Å². The normalized spacial score (nSPS) is 10.4. The summed E-state index contributed by atoms with van der Waals surface area (Å²) in [4.78, 5) is 14.7. The SMILES string of the molecule is CNn1cnc2cc(C(=O)O)ccc21. The molecule has 0 unspecified atom stereocenters. The van der Waals surface area contributed by atoms with Gasteiger partial charge < -0.3 is 10.5 Å². The van der Waals surface area contributed by atoms with Gasteiger partial charge in [0.25, 0.3) is 0 Å². The molecule has 14 heavy (non-hydrogen) atoms. The summed E-state index contributed by atoms with van der Waals surface area (Å²) in [6, 6.07) is 4.83. The van der Waals surface area contributed by atoms with Crippen molar-refractivity contribution in [2.24, 2.45) is 0 Å². The Balaban J connectivity index is 2.63. The number of nitrogens with zero attached hydrogens (tertiary/aromatic N) is 2. The Morgan fingerprint density at radius 1 is 1.57 bits per heavy atom. The summed E-state index contributed by atoms with van der Waals surface area (Å²) < 4.78 is 1.72. The molecule has 0 fully saturated rings. The molecular weight excluding hydrogens is 182 g/mol. The molecule has 5 heteroatoms. The molecule has 1 aromatic carbocycles. The molecular formula is C9H9N3O2. The highest BCUT2D eigenvalue weighted by molar-refractivity contribution is 5.92.